The topological polar surface area (TPSA) is 65.5 Å². The van der Waals surface area contributed by atoms with Crippen molar-refractivity contribution in [2.75, 3.05) is 23.3 Å². The maximum absolute atomic E-state index is 13.3. The molecule has 1 aliphatic carbocycles. The minimum absolute atomic E-state index is 0.0484. The molecular weight excluding hydrogens is 391 g/mol. The third kappa shape index (κ3) is 5.00. The van der Waals surface area contributed by atoms with E-state index in [2.05, 4.69) is 15.2 Å². The minimum Gasteiger partial charge on any atom is -0.326 e. The van der Waals surface area contributed by atoms with E-state index in [4.69, 9.17) is 0 Å². The highest BCUT2D eigenvalue weighted by molar-refractivity contribution is 7.14. The fourth-order valence-electron chi connectivity index (χ4n) is 3.75. The van der Waals surface area contributed by atoms with E-state index in [1.807, 2.05) is 10.3 Å². The number of anilines is 2. The Morgan fingerprint density at radius 3 is 2.69 bits per heavy atom. The van der Waals surface area contributed by atoms with Gasteiger partial charge in [0.15, 0.2) is 5.13 Å². The smallest absolute Gasteiger partial charge is 0.227 e. The van der Waals surface area contributed by atoms with Gasteiger partial charge in [0.05, 0.1) is 5.69 Å². The number of carbonyl (C=O) groups is 2. The van der Waals surface area contributed by atoms with Crippen LogP contribution in [0.3, 0.4) is 0 Å². The average Bonchev–Trinajstić information content (AvgIpc) is 3.41. The van der Waals surface area contributed by atoms with Gasteiger partial charge < -0.3 is 5.32 Å². The predicted molar refractivity (Wildman–Crippen MR) is 111 cm³/mol. The van der Waals surface area contributed by atoms with E-state index < -0.39 is 0 Å². The molecule has 1 N–H and O–H groups in total. The Bertz CT molecular complexity index is 890. The molecule has 8 heteroatoms. The van der Waals surface area contributed by atoms with Crippen molar-refractivity contribution in [2.45, 2.75) is 45.2 Å². The highest BCUT2D eigenvalue weighted by atomic mass is 32.1. The molecule has 0 bridgehead atoms. The van der Waals surface area contributed by atoms with Gasteiger partial charge in [-0.2, -0.15) is 0 Å². The van der Waals surface area contributed by atoms with Crippen LogP contribution < -0.4 is 10.2 Å². The number of likely N-dealkylation sites (tertiary alicyclic amines) is 1. The maximum atomic E-state index is 13.3. The molecule has 4 rings (SSSR count). The van der Waals surface area contributed by atoms with Gasteiger partial charge in [-0.05, 0) is 57.0 Å². The minimum atomic E-state index is -0.356. The Hall–Kier alpha value is -2.32. The first-order valence-corrected chi connectivity index (χ1v) is 10.9. The fraction of sp³-hybridized carbons (Fsp3) is 0.476. The van der Waals surface area contributed by atoms with Crippen LogP contribution in [0.25, 0.3) is 0 Å². The van der Waals surface area contributed by atoms with Gasteiger partial charge in [0, 0.05) is 36.5 Å². The number of nitrogens with one attached hydrogen (secondary N) is 1. The van der Waals surface area contributed by atoms with Crippen molar-refractivity contribution >= 4 is 34.0 Å². The molecule has 1 aliphatic heterocycles. The summed E-state index contributed by atoms with van der Waals surface area (Å²) in [5.74, 6) is -0.417. The molecule has 0 atom stereocenters. The molecule has 1 saturated heterocycles. The summed E-state index contributed by atoms with van der Waals surface area (Å²) in [4.78, 5) is 33.1. The van der Waals surface area contributed by atoms with E-state index in [9.17, 15) is 14.0 Å². The van der Waals surface area contributed by atoms with Crippen LogP contribution in [0.1, 0.15) is 38.3 Å². The molecule has 2 aliphatic rings. The predicted octanol–water partition coefficient (Wildman–Crippen LogP) is 3.65. The van der Waals surface area contributed by atoms with Crippen molar-refractivity contribution in [3.05, 3.63) is 41.2 Å². The molecule has 29 heavy (non-hydrogen) atoms. The van der Waals surface area contributed by atoms with Gasteiger partial charge in [-0.15, -0.1) is 11.3 Å². The van der Waals surface area contributed by atoms with Crippen LogP contribution in [0.4, 0.5) is 15.2 Å². The zero-order valence-electron chi connectivity index (χ0n) is 16.4. The van der Waals surface area contributed by atoms with E-state index in [-0.39, 0.29) is 23.5 Å². The number of nitrogens with zero attached hydrogens (tertiary/aromatic N) is 3. The Labute approximate surface area is 173 Å². The molecular formula is C21H25FN4O2S. The second kappa shape index (κ2) is 8.59. The zero-order chi connectivity index (χ0) is 20.4. The summed E-state index contributed by atoms with van der Waals surface area (Å²) in [6.07, 6.45) is 3.64. The summed E-state index contributed by atoms with van der Waals surface area (Å²) in [6, 6.07) is 6.30. The molecule has 2 fully saturated rings. The van der Waals surface area contributed by atoms with Crippen molar-refractivity contribution in [2.24, 2.45) is 5.92 Å². The summed E-state index contributed by atoms with van der Waals surface area (Å²) in [6.45, 7) is 3.95. The molecule has 0 spiro atoms. The summed E-state index contributed by atoms with van der Waals surface area (Å²) < 4.78 is 13.3. The average molecular weight is 417 g/mol. The van der Waals surface area contributed by atoms with Crippen molar-refractivity contribution in [3.63, 3.8) is 0 Å². The first-order valence-electron chi connectivity index (χ1n) is 10.0. The molecule has 1 aromatic carbocycles. The third-order valence-electron chi connectivity index (χ3n) is 5.43. The largest absolute Gasteiger partial charge is 0.326 e. The lowest BCUT2D eigenvalue weighted by Gasteiger charge is -2.30. The Morgan fingerprint density at radius 2 is 2.03 bits per heavy atom. The van der Waals surface area contributed by atoms with Crippen LogP contribution >= 0.6 is 11.3 Å². The van der Waals surface area contributed by atoms with E-state index in [1.165, 1.54) is 23.5 Å². The lowest BCUT2D eigenvalue weighted by atomic mass is 9.95. The van der Waals surface area contributed by atoms with Crippen molar-refractivity contribution < 1.29 is 14.0 Å². The zero-order valence-corrected chi connectivity index (χ0v) is 17.3. The van der Waals surface area contributed by atoms with Gasteiger partial charge in [-0.25, -0.2) is 9.37 Å². The Kier molecular flexibility index (Phi) is 5.91. The van der Waals surface area contributed by atoms with Gasteiger partial charge >= 0.3 is 0 Å². The molecule has 1 saturated carbocycles. The standard InChI is InChI=1S/C21H25FN4O2S/c1-14(27)26(19-5-6-19)21-24-18(13-29-21)12-25-9-7-15(8-10-25)20(28)23-17-4-2-3-16(22)11-17/h2-4,11,13,15,19H,5-10,12H2,1H3,(H,23,28). The van der Waals surface area contributed by atoms with Crippen LogP contribution in [-0.2, 0) is 16.1 Å². The summed E-state index contributed by atoms with van der Waals surface area (Å²) in [7, 11) is 0. The number of hydrogen-bond acceptors (Lipinski definition) is 5. The molecule has 2 amide bonds. The number of amides is 2. The van der Waals surface area contributed by atoms with Crippen LogP contribution in [0.15, 0.2) is 29.6 Å². The van der Waals surface area contributed by atoms with E-state index in [0.717, 1.165) is 56.1 Å². The number of aromatic nitrogens is 1. The SMILES string of the molecule is CC(=O)N(c1nc(CN2CCC(C(=O)Nc3cccc(F)c3)CC2)cs1)C1CC1. The second-order valence-corrected chi connectivity index (χ2v) is 8.63. The Balaban J connectivity index is 1.28. The number of hydrogen-bond donors (Lipinski definition) is 1. The quantitative estimate of drug-likeness (QED) is 0.781. The van der Waals surface area contributed by atoms with Gasteiger partial charge in [-0.3, -0.25) is 19.4 Å². The Morgan fingerprint density at radius 1 is 1.28 bits per heavy atom. The van der Waals surface area contributed by atoms with E-state index in [1.54, 1.807) is 19.1 Å². The van der Waals surface area contributed by atoms with E-state index >= 15 is 0 Å². The van der Waals surface area contributed by atoms with Crippen molar-refractivity contribution in [1.82, 2.24) is 9.88 Å². The van der Waals surface area contributed by atoms with Gasteiger partial charge in [0.25, 0.3) is 0 Å². The summed E-state index contributed by atoms with van der Waals surface area (Å²) >= 11 is 1.52. The second-order valence-electron chi connectivity index (χ2n) is 7.79. The van der Waals surface area contributed by atoms with Crippen molar-refractivity contribution in [1.29, 1.82) is 0 Å². The third-order valence-corrected chi connectivity index (χ3v) is 6.32. The molecule has 154 valence electrons. The number of piperidine rings is 1. The molecule has 2 heterocycles. The normalized spacial score (nSPS) is 17.9. The molecule has 6 nitrogen and oxygen atoms in total. The van der Waals surface area contributed by atoms with Gasteiger partial charge in [-0.1, -0.05) is 6.07 Å². The maximum Gasteiger partial charge on any atom is 0.227 e. The monoisotopic (exact) mass is 416 g/mol. The molecule has 1 aromatic heterocycles. The highest BCUT2D eigenvalue weighted by Crippen LogP contribution is 2.34. The van der Waals surface area contributed by atoms with E-state index in [0.29, 0.717) is 11.7 Å². The first-order chi connectivity index (χ1) is 14.0. The molecule has 0 radical (unpaired) electrons. The number of carbonyl (C=O) groups excluding carboxylic acids is 2. The number of benzene rings is 1. The highest BCUT2D eigenvalue weighted by Gasteiger charge is 2.34. The van der Waals surface area contributed by atoms with Gasteiger partial charge in [0.2, 0.25) is 11.8 Å². The summed E-state index contributed by atoms with van der Waals surface area (Å²) in [5.41, 5.74) is 1.47. The first kappa shape index (κ1) is 20.0. The lowest BCUT2D eigenvalue weighted by Crippen LogP contribution is -2.37. The van der Waals surface area contributed by atoms with Crippen LogP contribution in [0.2, 0.25) is 0 Å². The number of rotatable bonds is 6. The lowest BCUT2D eigenvalue weighted by molar-refractivity contribution is -0.121. The van der Waals surface area contributed by atoms with Crippen LogP contribution in [0, 0.1) is 11.7 Å². The van der Waals surface area contributed by atoms with Crippen LogP contribution in [-0.4, -0.2) is 40.8 Å². The van der Waals surface area contributed by atoms with Crippen molar-refractivity contribution in [3.8, 4) is 0 Å². The summed E-state index contributed by atoms with van der Waals surface area (Å²) in [5, 5.41) is 5.63. The van der Waals surface area contributed by atoms with Crippen LogP contribution in [0.5, 0.6) is 0 Å². The number of halogens is 1. The number of thiazole rings is 1. The molecule has 0 unspecified atom stereocenters. The van der Waals surface area contributed by atoms with Gasteiger partial charge in [0.1, 0.15) is 5.82 Å². The molecule has 2 aromatic rings. The fourth-order valence-corrected chi connectivity index (χ4v) is 4.68.